The number of aryl methyl sites for hydroxylation is 1. The van der Waals surface area contributed by atoms with Crippen LogP contribution in [0.2, 0.25) is 0 Å². The maximum atomic E-state index is 14.3. The van der Waals surface area contributed by atoms with Gasteiger partial charge < -0.3 is 12.9 Å². The fraction of sp³-hybridized carbons (Fsp3) is 0.481. The van der Waals surface area contributed by atoms with Crippen molar-refractivity contribution in [3.63, 3.8) is 0 Å². The van der Waals surface area contributed by atoms with Gasteiger partial charge in [-0.3, -0.25) is 9.98 Å². The van der Waals surface area contributed by atoms with Crippen LogP contribution in [0.1, 0.15) is 101 Å². The van der Waals surface area contributed by atoms with Gasteiger partial charge in [0, 0.05) is 0 Å². The molecule has 0 radical (unpaired) electrons. The number of aliphatic imine (C=N–C) groups is 2. The number of hydrogen-bond donors (Lipinski definition) is 0. The van der Waals surface area contributed by atoms with E-state index in [9.17, 15) is 12.9 Å². The van der Waals surface area contributed by atoms with Gasteiger partial charge in [0.05, 0.1) is 22.8 Å². The molecule has 0 amide bonds. The van der Waals surface area contributed by atoms with Crippen LogP contribution in [0.3, 0.4) is 0 Å². The van der Waals surface area contributed by atoms with Crippen molar-refractivity contribution in [1.29, 1.82) is 0 Å². The molecule has 1 aliphatic heterocycles. The summed E-state index contributed by atoms with van der Waals surface area (Å²) in [4.78, 5) is 9.80. The molecule has 0 saturated carbocycles. The molecule has 0 fully saturated rings. The molecule has 3 rings (SSSR count). The molecule has 1 unspecified atom stereocenters. The second kappa shape index (κ2) is 10.3. The van der Waals surface area contributed by atoms with Crippen LogP contribution in [0.4, 0.5) is 24.3 Å². The van der Waals surface area contributed by atoms with E-state index in [0.717, 1.165) is 34.5 Å². The Labute approximate surface area is 196 Å². The molecule has 2 aromatic carbocycles. The first kappa shape index (κ1) is 25.3. The number of benzene rings is 2. The number of rotatable bonds is 3. The SMILES string of the molecule is CC1=Nc2c(cccc2C(C)C)CCCCC([B-](F)(F)F)c2cccc(C(C)C)c2N=C1C. The lowest BCUT2D eigenvalue weighted by atomic mass is 9.65. The number of fused-ring (bicyclic) bond motifs is 2. The Balaban J connectivity index is 2.26. The van der Waals surface area contributed by atoms with Crippen LogP contribution in [0.15, 0.2) is 46.4 Å². The van der Waals surface area contributed by atoms with Crippen molar-refractivity contribution in [2.45, 2.75) is 84.9 Å². The second-order valence-electron chi connectivity index (χ2n) is 9.82. The third kappa shape index (κ3) is 5.77. The molecule has 0 saturated heterocycles. The van der Waals surface area contributed by atoms with Gasteiger partial charge in [0.25, 0.3) is 0 Å². The van der Waals surface area contributed by atoms with Crippen molar-refractivity contribution < 1.29 is 12.9 Å². The van der Waals surface area contributed by atoms with Gasteiger partial charge in [-0.15, -0.1) is 0 Å². The average Bonchev–Trinajstić information content (AvgIpc) is 2.73. The predicted octanol–water partition coefficient (Wildman–Crippen LogP) is 9.02. The number of halogens is 3. The molecule has 2 nitrogen and oxygen atoms in total. The normalized spacial score (nSPS) is 18.0. The van der Waals surface area contributed by atoms with Crippen molar-refractivity contribution in [3.8, 4) is 0 Å². The largest absolute Gasteiger partial charge is 0.485 e. The molecule has 6 heteroatoms. The highest BCUT2D eigenvalue weighted by Gasteiger charge is 2.37. The van der Waals surface area contributed by atoms with E-state index in [1.54, 1.807) is 12.1 Å². The molecule has 0 spiro atoms. The van der Waals surface area contributed by atoms with Crippen LogP contribution in [-0.4, -0.2) is 18.4 Å². The summed E-state index contributed by atoms with van der Waals surface area (Å²) in [5.41, 5.74) is 6.23. The van der Waals surface area contributed by atoms with E-state index in [2.05, 4.69) is 26.0 Å². The standard InChI is InChI=1S/C27H35BF3N2/c1-17(2)22-13-9-12-21-11-7-8-16-25(28(29,30)31)24-15-10-14-23(18(3)4)27(24)33-20(6)19(5)32-26(21)22/h9-10,12-15,17-18,25H,7-8,11,16H2,1-6H3/q-1. The zero-order valence-corrected chi connectivity index (χ0v) is 20.6. The van der Waals surface area contributed by atoms with Crippen LogP contribution in [-0.2, 0) is 6.42 Å². The van der Waals surface area contributed by atoms with Gasteiger partial charge in [-0.2, -0.15) is 0 Å². The Morgan fingerprint density at radius 2 is 1.33 bits per heavy atom. The molecule has 2 aromatic rings. The summed E-state index contributed by atoms with van der Waals surface area (Å²) in [5.74, 6) is -1.09. The van der Waals surface area contributed by atoms with E-state index in [-0.39, 0.29) is 12.3 Å². The Morgan fingerprint density at radius 3 is 1.91 bits per heavy atom. The molecule has 178 valence electrons. The summed E-state index contributed by atoms with van der Waals surface area (Å²) < 4.78 is 42.9. The molecule has 1 heterocycles. The van der Waals surface area contributed by atoms with Crippen molar-refractivity contribution >= 4 is 29.8 Å². The molecule has 0 aromatic heterocycles. The van der Waals surface area contributed by atoms with Gasteiger partial charge in [-0.25, -0.2) is 0 Å². The lowest BCUT2D eigenvalue weighted by Gasteiger charge is -2.30. The topological polar surface area (TPSA) is 24.7 Å². The van der Waals surface area contributed by atoms with Crippen LogP contribution in [0.25, 0.3) is 0 Å². The highest BCUT2D eigenvalue weighted by atomic mass is 19.4. The third-order valence-electron chi connectivity index (χ3n) is 6.64. The maximum absolute atomic E-state index is 14.3. The van der Waals surface area contributed by atoms with Crippen LogP contribution >= 0.6 is 0 Å². The maximum Gasteiger partial charge on any atom is 0.485 e. The molecule has 0 aliphatic carbocycles. The molecular weight excluding hydrogens is 420 g/mol. The van der Waals surface area contributed by atoms with Crippen LogP contribution in [0, 0.1) is 0 Å². The van der Waals surface area contributed by atoms with Crippen molar-refractivity contribution in [2.24, 2.45) is 9.98 Å². The van der Waals surface area contributed by atoms with Gasteiger partial charge in [0.1, 0.15) is 0 Å². The summed E-state index contributed by atoms with van der Waals surface area (Å²) in [6, 6.07) is 11.5. The molecule has 1 aliphatic rings. The van der Waals surface area contributed by atoms with Crippen molar-refractivity contribution in [1.82, 2.24) is 0 Å². The van der Waals surface area contributed by atoms with E-state index < -0.39 is 12.8 Å². The highest BCUT2D eigenvalue weighted by Crippen LogP contribution is 2.43. The molecular formula is C27H35BF3N2-. The first-order valence-corrected chi connectivity index (χ1v) is 12.1. The first-order chi connectivity index (χ1) is 15.5. The molecule has 33 heavy (non-hydrogen) atoms. The Morgan fingerprint density at radius 1 is 0.788 bits per heavy atom. The fourth-order valence-electron chi connectivity index (χ4n) is 4.61. The van der Waals surface area contributed by atoms with E-state index in [0.29, 0.717) is 35.7 Å². The minimum atomic E-state index is -5.05. The summed E-state index contributed by atoms with van der Waals surface area (Å²) in [6.07, 6.45) is 2.02. The van der Waals surface area contributed by atoms with Gasteiger partial charge in [0.2, 0.25) is 0 Å². The van der Waals surface area contributed by atoms with E-state index in [1.807, 2.05) is 39.8 Å². The third-order valence-corrected chi connectivity index (χ3v) is 6.64. The quantitative estimate of drug-likeness (QED) is 0.413. The number of nitrogens with zero attached hydrogens (tertiary/aromatic N) is 2. The number of hydrogen-bond acceptors (Lipinski definition) is 2. The van der Waals surface area contributed by atoms with Crippen molar-refractivity contribution in [3.05, 3.63) is 58.7 Å². The average molecular weight is 455 g/mol. The van der Waals surface area contributed by atoms with E-state index >= 15 is 0 Å². The lowest BCUT2D eigenvalue weighted by molar-refractivity contribution is 0.424. The summed E-state index contributed by atoms with van der Waals surface area (Å²) in [5, 5.41) is 0. The van der Waals surface area contributed by atoms with Crippen molar-refractivity contribution in [2.75, 3.05) is 0 Å². The second-order valence-corrected chi connectivity index (χ2v) is 9.82. The van der Waals surface area contributed by atoms with E-state index in [1.165, 1.54) is 0 Å². The Bertz CT molecular complexity index is 1050. The van der Waals surface area contributed by atoms with Gasteiger partial charge in [0.15, 0.2) is 0 Å². The molecule has 1 atom stereocenters. The fourth-order valence-corrected chi connectivity index (χ4v) is 4.61. The summed E-state index contributed by atoms with van der Waals surface area (Å²) in [7, 11) is 0. The van der Waals surface area contributed by atoms with Crippen LogP contribution < -0.4 is 0 Å². The molecule has 0 N–H and O–H groups in total. The Hall–Kier alpha value is -2.37. The minimum Gasteiger partial charge on any atom is -0.448 e. The van der Waals surface area contributed by atoms with Gasteiger partial charge >= 0.3 is 6.98 Å². The Kier molecular flexibility index (Phi) is 7.86. The molecule has 0 bridgehead atoms. The van der Waals surface area contributed by atoms with Gasteiger partial charge in [-0.05, 0) is 66.6 Å². The monoisotopic (exact) mass is 455 g/mol. The zero-order valence-electron chi connectivity index (χ0n) is 20.6. The zero-order chi connectivity index (χ0) is 24.3. The predicted molar refractivity (Wildman–Crippen MR) is 136 cm³/mol. The van der Waals surface area contributed by atoms with E-state index in [4.69, 9.17) is 9.98 Å². The van der Waals surface area contributed by atoms with Gasteiger partial charge in [-0.1, -0.05) is 76.9 Å². The lowest BCUT2D eigenvalue weighted by Crippen LogP contribution is -2.28. The smallest absolute Gasteiger partial charge is 0.448 e. The first-order valence-electron chi connectivity index (χ1n) is 12.1. The summed E-state index contributed by atoms with van der Waals surface area (Å²) in [6.45, 7) is 7.00. The highest BCUT2D eigenvalue weighted by molar-refractivity contribution is 6.60. The van der Waals surface area contributed by atoms with Crippen LogP contribution in [0.5, 0.6) is 0 Å². The number of para-hydroxylation sites is 2. The summed E-state index contributed by atoms with van der Waals surface area (Å²) >= 11 is 0. The minimum absolute atomic E-state index is 0.0686.